The van der Waals surface area contributed by atoms with Crippen LogP contribution in [-0.4, -0.2) is 24.5 Å². The highest BCUT2D eigenvalue weighted by Gasteiger charge is 2.22. The third kappa shape index (κ3) is 3.28. The van der Waals surface area contributed by atoms with Gasteiger partial charge in [0.05, 0.1) is 22.2 Å². The van der Waals surface area contributed by atoms with Gasteiger partial charge in [-0.2, -0.15) is 0 Å². The van der Waals surface area contributed by atoms with Crippen molar-refractivity contribution in [2.75, 3.05) is 0 Å². The summed E-state index contributed by atoms with van der Waals surface area (Å²) in [4.78, 5) is 18.5. The number of aromatic nitrogens is 5. The zero-order valence-corrected chi connectivity index (χ0v) is 22.5. The molecule has 1 N–H and O–H groups in total. The first-order valence-corrected chi connectivity index (χ1v) is 14.1. The third-order valence-corrected chi connectivity index (χ3v) is 8.19. The Morgan fingerprint density at radius 1 is 0.548 bits per heavy atom. The minimum Gasteiger partial charge on any atom is -0.354 e. The molecule has 0 unspecified atom stereocenters. The molecule has 0 amide bonds. The van der Waals surface area contributed by atoms with Crippen LogP contribution < -0.4 is 0 Å². The Balaban J connectivity index is 1.50. The van der Waals surface area contributed by atoms with Crippen molar-refractivity contribution in [3.8, 4) is 28.6 Å². The molecule has 4 heterocycles. The van der Waals surface area contributed by atoms with E-state index in [1.165, 1.54) is 32.3 Å². The molecule has 0 radical (unpaired) electrons. The summed E-state index contributed by atoms with van der Waals surface area (Å²) < 4.78 is 2.31. The maximum atomic E-state index is 5.19. The van der Waals surface area contributed by atoms with Crippen LogP contribution in [0.4, 0.5) is 0 Å². The van der Waals surface area contributed by atoms with E-state index < -0.39 is 0 Å². The van der Waals surface area contributed by atoms with Crippen LogP contribution in [0.2, 0.25) is 0 Å². The van der Waals surface area contributed by atoms with Crippen molar-refractivity contribution in [1.82, 2.24) is 24.5 Å². The van der Waals surface area contributed by atoms with Crippen LogP contribution in [0, 0.1) is 0 Å². The van der Waals surface area contributed by atoms with E-state index in [9.17, 15) is 0 Å². The average Bonchev–Trinajstić information content (AvgIpc) is 3.62. The first kappa shape index (κ1) is 22.9. The zero-order valence-electron chi connectivity index (χ0n) is 22.5. The molecular weight excluding hydrogens is 514 g/mol. The average molecular weight is 538 g/mol. The highest BCUT2D eigenvalue weighted by molar-refractivity contribution is 6.36. The van der Waals surface area contributed by atoms with Crippen molar-refractivity contribution in [2.24, 2.45) is 0 Å². The number of hydrogen-bond acceptors (Lipinski definition) is 3. The molecule has 0 saturated heterocycles. The maximum Gasteiger partial charge on any atom is 0.180 e. The molecule has 0 saturated carbocycles. The topological polar surface area (TPSA) is 59.4 Å². The van der Waals surface area contributed by atoms with Gasteiger partial charge in [0.25, 0.3) is 0 Å². The second kappa shape index (κ2) is 8.85. The highest BCUT2D eigenvalue weighted by atomic mass is 15.1. The Morgan fingerprint density at radius 2 is 1.26 bits per heavy atom. The predicted molar refractivity (Wildman–Crippen MR) is 172 cm³/mol. The van der Waals surface area contributed by atoms with Crippen LogP contribution in [0.15, 0.2) is 134 Å². The van der Waals surface area contributed by atoms with Gasteiger partial charge in [-0.1, -0.05) is 97.1 Å². The summed E-state index contributed by atoms with van der Waals surface area (Å²) in [5.74, 6) is 1.40. The summed E-state index contributed by atoms with van der Waals surface area (Å²) >= 11 is 0. The first-order valence-electron chi connectivity index (χ1n) is 14.1. The van der Waals surface area contributed by atoms with E-state index in [0.717, 1.165) is 44.8 Å². The fourth-order valence-electron chi connectivity index (χ4n) is 6.41. The van der Waals surface area contributed by atoms with Crippen molar-refractivity contribution in [3.05, 3.63) is 134 Å². The quantitative estimate of drug-likeness (QED) is 0.244. The molecule has 0 bridgehead atoms. The molecule has 42 heavy (non-hydrogen) atoms. The normalized spacial score (nSPS) is 11.8. The summed E-state index contributed by atoms with van der Waals surface area (Å²) in [6.07, 6.45) is 1.79. The number of aromatic amines is 1. The van der Waals surface area contributed by atoms with Crippen molar-refractivity contribution in [3.63, 3.8) is 0 Å². The van der Waals surface area contributed by atoms with Crippen LogP contribution >= 0.6 is 0 Å². The van der Waals surface area contributed by atoms with Gasteiger partial charge in [-0.3, -0.25) is 9.55 Å². The molecule has 196 valence electrons. The second-order valence-electron chi connectivity index (χ2n) is 10.6. The Kier molecular flexibility index (Phi) is 4.83. The molecule has 0 aliphatic carbocycles. The number of pyridine rings is 1. The molecule has 5 nitrogen and oxygen atoms in total. The molecule has 0 fully saturated rings. The van der Waals surface area contributed by atoms with Crippen LogP contribution in [-0.2, 0) is 0 Å². The molecular formula is C37H23N5. The summed E-state index contributed by atoms with van der Waals surface area (Å²) in [7, 11) is 0. The summed E-state index contributed by atoms with van der Waals surface area (Å²) in [5.41, 5.74) is 7.14. The zero-order chi connectivity index (χ0) is 27.6. The molecule has 0 aliphatic heterocycles. The van der Waals surface area contributed by atoms with Crippen LogP contribution in [0.3, 0.4) is 0 Å². The van der Waals surface area contributed by atoms with Gasteiger partial charge < -0.3 is 4.98 Å². The molecule has 9 rings (SSSR count). The first-order chi connectivity index (χ1) is 20.8. The molecule has 0 aliphatic rings. The fourth-order valence-corrected chi connectivity index (χ4v) is 6.41. The van der Waals surface area contributed by atoms with Gasteiger partial charge in [-0.25, -0.2) is 9.97 Å². The Hall–Kier alpha value is -5.81. The molecule has 5 aromatic carbocycles. The van der Waals surface area contributed by atoms with Crippen LogP contribution in [0.25, 0.3) is 83.0 Å². The lowest BCUT2D eigenvalue weighted by atomic mass is 9.99. The number of benzene rings is 5. The fraction of sp³-hybridized carbons (Fsp3) is 0. The summed E-state index contributed by atoms with van der Waals surface area (Å²) in [6, 6.07) is 44.1. The van der Waals surface area contributed by atoms with Crippen molar-refractivity contribution >= 4 is 54.4 Å². The molecule has 9 aromatic rings. The summed E-state index contributed by atoms with van der Waals surface area (Å²) in [6.45, 7) is 0. The van der Waals surface area contributed by atoms with E-state index in [1.54, 1.807) is 6.20 Å². The SMILES string of the molecule is c1ccc(-c2cc(-n3c4ccccc4c4c5c6ccccc6[nH]c5c5ccccc5c43)nc(-c3ccccn3)n2)cc1. The Labute approximate surface area is 240 Å². The Bertz CT molecular complexity index is 2400. The van der Waals surface area contributed by atoms with E-state index >= 15 is 0 Å². The van der Waals surface area contributed by atoms with Gasteiger partial charge in [0, 0.05) is 55.7 Å². The summed E-state index contributed by atoms with van der Waals surface area (Å²) in [5, 5.41) is 7.21. The minimum absolute atomic E-state index is 0.593. The van der Waals surface area contributed by atoms with E-state index in [1.807, 2.05) is 36.4 Å². The van der Waals surface area contributed by atoms with Gasteiger partial charge >= 0.3 is 0 Å². The standard InChI is InChI=1S/C37H23N5/c1-2-12-23(13-3-1)30-22-32(41-37(40-30)29-19-10-11-21-38-29)42-31-20-9-7-17-27(31)34-33-26-16-6-8-18-28(26)39-35(33)24-14-4-5-15-25(24)36(34)42/h1-22,39H. The number of rotatable bonds is 3. The number of nitrogens with one attached hydrogen (secondary N) is 1. The number of H-pyrrole nitrogens is 1. The molecule has 4 aromatic heterocycles. The van der Waals surface area contributed by atoms with E-state index in [2.05, 4.69) is 106 Å². The van der Waals surface area contributed by atoms with Gasteiger partial charge in [0.1, 0.15) is 11.5 Å². The third-order valence-electron chi connectivity index (χ3n) is 8.19. The largest absolute Gasteiger partial charge is 0.354 e. The number of para-hydroxylation sites is 2. The van der Waals surface area contributed by atoms with E-state index in [0.29, 0.717) is 5.82 Å². The molecule has 5 heteroatoms. The van der Waals surface area contributed by atoms with Gasteiger partial charge in [-0.15, -0.1) is 0 Å². The van der Waals surface area contributed by atoms with E-state index in [4.69, 9.17) is 9.97 Å². The van der Waals surface area contributed by atoms with Gasteiger partial charge in [-0.05, 0) is 24.3 Å². The minimum atomic E-state index is 0.593. The van der Waals surface area contributed by atoms with Crippen molar-refractivity contribution in [1.29, 1.82) is 0 Å². The number of nitrogens with zero attached hydrogens (tertiary/aromatic N) is 4. The van der Waals surface area contributed by atoms with Crippen LogP contribution in [0.1, 0.15) is 0 Å². The lowest BCUT2D eigenvalue weighted by Crippen LogP contribution is -2.03. The predicted octanol–water partition coefficient (Wildman–Crippen LogP) is 9.09. The highest BCUT2D eigenvalue weighted by Crippen LogP contribution is 2.44. The van der Waals surface area contributed by atoms with Gasteiger partial charge in [0.15, 0.2) is 5.82 Å². The Morgan fingerprint density at radius 3 is 2.10 bits per heavy atom. The number of hydrogen-bond donors (Lipinski definition) is 1. The second-order valence-corrected chi connectivity index (χ2v) is 10.6. The lowest BCUT2D eigenvalue weighted by Gasteiger charge is -2.13. The molecule has 0 spiro atoms. The maximum absolute atomic E-state index is 5.19. The smallest absolute Gasteiger partial charge is 0.180 e. The van der Waals surface area contributed by atoms with E-state index in [-0.39, 0.29) is 0 Å². The van der Waals surface area contributed by atoms with Crippen molar-refractivity contribution in [2.45, 2.75) is 0 Å². The van der Waals surface area contributed by atoms with Crippen molar-refractivity contribution < 1.29 is 0 Å². The molecule has 0 atom stereocenters. The monoisotopic (exact) mass is 537 g/mol. The number of fused-ring (bicyclic) bond motifs is 10. The van der Waals surface area contributed by atoms with Gasteiger partial charge in [0.2, 0.25) is 0 Å². The van der Waals surface area contributed by atoms with Crippen LogP contribution in [0.5, 0.6) is 0 Å². The lowest BCUT2D eigenvalue weighted by molar-refractivity contribution is 1.04.